The summed E-state index contributed by atoms with van der Waals surface area (Å²) in [5, 5.41) is 13.0. The van der Waals surface area contributed by atoms with Crippen molar-refractivity contribution < 1.29 is 14.3 Å². The quantitative estimate of drug-likeness (QED) is 0.119. The molecule has 3 aromatic carbocycles. The van der Waals surface area contributed by atoms with Crippen LogP contribution in [0.2, 0.25) is 5.02 Å². The van der Waals surface area contributed by atoms with Crippen molar-refractivity contribution in [3.8, 4) is 23.1 Å². The smallest absolute Gasteiger partial charge is 0.270 e. The fraction of sp³-hybridized carbons (Fsp3) is 0.0690. The summed E-state index contributed by atoms with van der Waals surface area (Å²) >= 11 is 6.90. The van der Waals surface area contributed by atoms with E-state index in [1.165, 1.54) is 13.2 Å². The summed E-state index contributed by atoms with van der Waals surface area (Å²) in [4.78, 5) is 44.4. The number of allylic oxidation sites excluding steroid dienone is 1. The maximum Gasteiger partial charge on any atom is 0.270 e. The fourth-order valence-corrected chi connectivity index (χ4v) is 4.28. The minimum absolute atomic E-state index is 0.0447. The van der Waals surface area contributed by atoms with Gasteiger partial charge in [0.15, 0.2) is 10.9 Å². The number of carbonyl (C=O) groups is 2. The molecular formula is C29H21ClN4O4S. The molecule has 1 heterocycles. The molecule has 39 heavy (non-hydrogen) atoms. The molecule has 0 radical (unpaired) electrons. The van der Waals surface area contributed by atoms with E-state index in [2.05, 4.69) is 15.3 Å². The Kier molecular flexibility index (Phi) is 8.94. The van der Waals surface area contributed by atoms with E-state index in [9.17, 15) is 19.6 Å². The van der Waals surface area contributed by atoms with Crippen LogP contribution in [0.5, 0.6) is 5.75 Å². The Labute approximate surface area is 233 Å². The van der Waals surface area contributed by atoms with Crippen LogP contribution < -0.4 is 15.6 Å². The number of benzene rings is 3. The number of rotatable bonds is 9. The van der Waals surface area contributed by atoms with E-state index in [4.69, 9.17) is 16.3 Å². The van der Waals surface area contributed by atoms with Crippen LogP contribution in [0.25, 0.3) is 17.3 Å². The molecule has 194 valence electrons. The number of aromatic amines is 1. The third-order valence-corrected chi connectivity index (χ3v) is 6.57. The molecule has 1 amide bonds. The highest BCUT2D eigenvalue weighted by atomic mass is 35.5. The van der Waals surface area contributed by atoms with E-state index in [-0.39, 0.29) is 33.9 Å². The minimum Gasteiger partial charge on any atom is -0.497 e. The lowest BCUT2D eigenvalue weighted by molar-refractivity contribution is -0.113. The van der Waals surface area contributed by atoms with Gasteiger partial charge in [-0.15, -0.1) is 0 Å². The first-order valence-corrected chi connectivity index (χ1v) is 12.9. The predicted molar refractivity (Wildman–Crippen MR) is 152 cm³/mol. The molecule has 8 nitrogen and oxygen atoms in total. The summed E-state index contributed by atoms with van der Waals surface area (Å²) < 4.78 is 5.22. The van der Waals surface area contributed by atoms with Gasteiger partial charge >= 0.3 is 0 Å². The van der Waals surface area contributed by atoms with Crippen molar-refractivity contribution in [3.05, 3.63) is 111 Å². The van der Waals surface area contributed by atoms with E-state index in [0.29, 0.717) is 27.6 Å². The molecule has 4 aromatic rings. The van der Waals surface area contributed by atoms with Gasteiger partial charge < -0.3 is 15.0 Å². The number of aromatic nitrogens is 2. The Bertz CT molecular complexity index is 1640. The highest BCUT2D eigenvalue weighted by Crippen LogP contribution is 2.25. The number of ether oxygens (including phenoxy) is 1. The molecule has 0 fully saturated rings. The number of methoxy groups -OCH3 is 1. The average Bonchev–Trinajstić information content (AvgIpc) is 2.95. The number of H-pyrrole nitrogens is 1. The zero-order valence-corrected chi connectivity index (χ0v) is 22.2. The summed E-state index contributed by atoms with van der Waals surface area (Å²) in [5.74, 6) is -0.00764. The van der Waals surface area contributed by atoms with Gasteiger partial charge in [-0.1, -0.05) is 53.7 Å². The van der Waals surface area contributed by atoms with E-state index in [0.717, 1.165) is 17.3 Å². The number of nitrogens with zero attached hydrogens (tertiary/aromatic N) is 2. The van der Waals surface area contributed by atoms with Gasteiger partial charge in [-0.25, -0.2) is 4.98 Å². The Hall–Kier alpha value is -4.65. The molecule has 0 aliphatic rings. The van der Waals surface area contributed by atoms with Crippen LogP contribution in [0.15, 0.2) is 88.8 Å². The molecule has 0 saturated carbocycles. The monoisotopic (exact) mass is 556 g/mol. The second-order valence-electron chi connectivity index (χ2n) is 8.10. The molecule has 0 aliphatic heterocycles. The maximum atomic E-state index is 12.5. The SMILES string of the molecule is COc1cccc(-c2nc(SCC(=O)Nc3ccc(C(=O)/C=C/c4ccc(Cl)cc4)cc3)[nH]c(=O)c2C#N)c1. The molecule has 0 spiro atoms. The van der Waals surface area contributed by atoms with Gasteiger partial charge in [-0.3, -0.25) is 14.4 Å². The molecule has 0 aliphatic carbocycles. The van der Waals surface area contributed by atoms with Crippen molar-refractivity contribution in [2.75, 3.05) is 18.2 Å². The van der Waals surface area contributed by atoms with E-state index >= 15 is 0 Å². The van der Waals surface area contributed by atoms with Gasteiger partial charge in [0.05, 0.1) is 18.6 Å². The summed E-state index contributed by atoms with van der Waals surface area (Å²) in [6.07, 6.45) is 3.17. The van der Waals surface area contributed by atoms with E-state index in [1.807, 2.05) is 18.2 Å². The molecule has 0 saturated heterocycles. The summed E-state index contributed by atoms with van der Waals surface area (Å²) in [7, 11) is 1.51. The molecule has 2 N–H and O–H groups in total. The van der Waals surface area contributed by atoms with Crippen LogP contribution in [0.4, 0.5) is 5.69 Å². The lowest BCUT2D eigenvalue weighted by atomic mass is 10.1. The number of hydrogen-bond donors (Lipinski definition) is 2. The fourth-order valence-electron chi connectivity index (χ4n) is 3.49. The van der Waals surface area contributed by atoms with Crippen molar-refractivity contribution in [1.82, 2.24) is 9.97 Å². The summed E-state index contributed by atoms with van der Waals surface area (Å²) in [5.41, 5.74) is 1.85. The van der Waals surface area contributed by atoms with Gasteiger partial charge in [0.2, 0.25) is 5.91 Å². The van der Waals surface area contributed by atoms with Crippen molar-refractivity contribution in [3.63, 3.8) is 0 Å². The molecule has 0 bridgehead atoms. The first kappa shape index (κ1) is 27.4. The van der Waals surface area contributed by atoms with Crippen LogP contribution in [0, 0.1) is 11.3 Å². The third-order valence-electron chi connectivity index (χ3n) is 5.44. The molecule has 4 rings (SSSR count). The number of carbonyl (C=O) groups excluding carboxylic acids is 2. The number of hydrogen-bond acceptors (Lipinski definition) is 7. The lowest BCUT2D eigenvalue weighted by Crippen LogP contribution is -2.17. The average molecular weight is 557 g/mol. The second-order valence-corrected chi connectivity index (χ2v) is 9.50. The molecule has 0 atom stereocenters. The number of halogens is 1. The van der Waals surface area contributed by atoms with Crippen molar-refractivity contribution in [2.24, 2.45) is 0 Å². The van der Waals surface area contributed by atoms with Gasteiger partial charge in [-0.2, -0.15) is 5.26 Å². The lowest BCUT2D eigenvalue weighted by Gasteiger charge is -2.08. The van der Waals surface area contributed by atoms with Crippen LogP contribution >= 0.6 is 23.4 Å². The number of thioether (sulfide) groups is 1. The van der Waals surface area contributed by atoms with Crippen molar-refractivity contribution >= 4 is 46.8 Å². The largest absolute Gasteiger partial charge is 0.497 e. The first-order valence-electron chi connectivity index (χ1n) is 11.6. The van der Waals surface area contributed by atoms with Crippen molar-refractivity contribution in [1.29, 1.82) is 5.26 Å². The van der Waals surface area contributed by atoms with E-state index < -0.39 is 5.56 Å². The Morgan fingerprint density at radius 1 is 1.13 bits per heavy atom. The van der Waals surface area contributed by atoms with Gasteiger partial charge in [-0.05, 0) is 60.2 Å². The zero-order valence-electron chi connectivity index (χ0n) is 20.6. The molecule has 0 unspecified atom stereocenters. The molecular weight excluding hydrogens is 536 g/mol. The Balaban J connectivity index is 1.39. The zero-order chi connectivity index (χ0) is 27.8. The number of nitrogens with one attached hydrogen (secondary N) is 2. The van der Waals surface area contributed by atoms with Crippen LogP contribution in [-0.2, 0) is 4.79 Å². The van der Waals surface area contributed by atoms with Crippen molar-refractivity contribution in [2.45, 2.75) is 5.16 Å². The minimum atomic E-state index is -0.599. The topological polar surface area (TPSA) is 125 Å². The molecule has 1 aromatic heterocycles. The normalized spacial score (nSPS) is 10.7. The number of nitriles is 1. The summed E-state index contributed by atoms with van der Waals surface area (Å²) in [6.45, 7) is 0. The van der Waals surface area contributed by atoms with Gasteiger partial charge in [0.1, 0.15) is 17.4 Å². The maximum absolute atomic E-state index is 12.5. The highest BCUT2D eigenvalue weighted by Gasteiger charge is 2.15. The second kappa shape index (κ2) is 12.7. The summed E-state index contributed by atoms with van der Waals surface area (Å²) in [6, 6.07) is 22.4. The standard InChI is InChI=1S/C29H21ClN4O4S/c1-38-23-4-2-3-20(15-23)27-24(16-31)28(37)34-29(33-27)39-17-26(36)32-22-12-8-19(9-13-22)25(35)14-7-18-5-10-21(30)11-6-18/h2-15H,17H2,1H3,(H,32,36)(H,33,34,37)/b14-7+. The van der Waals surface area contributed by atoms with Crippen LogP contribution in [-0.4, -0.2) is 34.5 Å². The third kappa shape index (κ3) is 7.23. The van der Waals surface area contributed by atoms with Gasteiger partial charge in [0.25, 0.3) is 5.56 Å². The van der Waals surface area contributed by atoms with Crippen LogP contribution in [0.3, 0.4) is 0 Å². The number of amides is 1. The first-order chi connectivity index (χ1) is 18.9. The van der Waals surface area contributed by atoms with Crippen LogP contribution in [0.1, 0.15) is 21.5 Å². The number of ketones is 1. The molecule has 10 heteroatoms. The Morgan fingerprint density at radius 3 is 2.56 bits per heavy atom. The van der Waals surface area contributed by atoms with E-state index in [1.54, 1.807) is 66.7 Å². The Morgan fingerprint density at radius 2 is 1.87 bits per heavy atom. The predicted octanol–water partition coefficient (Wildman–Crippen LogP) is 5.60. The highest BCUT2D eigenvalue weighted by molar-refractivity contribution is 7.99. The van der Waals surface area contributed by atoms with Gasteiger partial charge in [0, 0.05) is 21.8 Å². The number of anilines is 1.